The molecular formula is C20H19N3O2S. The summed E-state index contributed by atoms with van der Waals surface area (Å²) in [4.78, 5) is 28.7. The Morgan fingerprint density at radius 2 is 1.69 bits per heavy atom. The zero-order valence-corrected chi connectivity index (χ0v) is 15.1. The molecule has 0 aliphatic carbocycles. The predicted octanol–water partition coefficient (Wildman–Crippen LogP) is 3.32. The second kappa shape index (κ2) is 8.49. The van der Waals surface area contributed by atoms with Gasteiger partial charge in [-0.1, -0.05) is 54.6 Å². The van der Waals surface area contributed by atoms with Crippen LogP contribution in [0.5, 0.6) is 0 Å². The van der Waals surface area contributed by atoms with Crippen LogP contribution in [-0.2, 0) is 10.5 Å². The number of rotatable bonds is 5. The van der Waals surface area contributed by atoms with E-state index in [1.54, 1.807) is 6.07 Å². The van der Waals surface area contributed by atoms with Crippen LogP contribution in [0.25, 0.3) is 10.9 Å². The number of nitrogens with one attached hydrogen (secondary N) is 2. The fraction of sp³-hybridized carbons (Fsp3) is 0.150. The van der Waals surface area contributed by atoms with E-state index in [0.717, 1.165) is 22.2 Å². The topological polar surface area (TPSA) is 71.1 Å². The quantitative estimate of drug-likeness (QED) is 0.681. The third kappa shape index (κ3) is 4.61. The van der Waals surface area contributed by atoms with Gasteiger partial charge in [0.1, 0.15) is 5.69 Å². The second-order valence-corrected chi connectivity index (χ2v) is 7.10. The van der Waals surface area contributed by atoms with E-state index in [-0.39, 0.29) is 16.9 Å². The van der Waals surface area contributed by atoms with Crippen LogP contribution in [0.3, 0.4) is 0 Å². The molecule has 26 heavy (non-hydrogen) atoms. The molecule has 2 N–H and O–H groups in total. The van der Waals surface area contributed by atoms with Crippen molar-refractivity contribution >= 4 is 34.5 Å². The zero-order chi connectivity index (χ0) is 18.4. The summed E-state index contributed by atoms with van der Waals surface area (Å²) in [6.07, 6.45) is 0. The Balaban J connectivity index is 1.51. The van der Waals surface area contributed by atoms with Crippen LogP contribution in [-0.4, -0.2) is 22.0 Å². The van der Waals surface area contributed by atoms with E-state index >= 15 is 0 Å². The number of hydrogen-bond donors (Lipinski definition) is 2. The SMILES string of the molecule is CC(SCc1ccccc1)C(=O)NNC(=O)c1ccc2ccccc2n1. The van der Waals surface area contributed by atoms with Gasteiger partial charge >= 0.3 is 0 Å². The summed E-state index contributed by atoms with van der Waals surface area (Å²) in [6.45, 7) is 1.81. The molecule has 1 heterocycles. The molecule has 0 radical (unpaired) electrons. The fourth-order valence-electron chi connectivity index (χ4n) is 2.35. The Hall–Kier alpha value is -2.86. The predicted molar refractivity (Wildman–Crippen MR) is 105 cm³/mol. The molecule has 5 nitrogen and oxygen atoms in total. The molecule has 1 aromatic heterocycles. The van der Waals surface area contributed by atoms with Gasteiger partial charge in [-0.2, -0.15) is 0 Å². The normalized spacial score (nSPS) is 11.7. The molecule has 2 aromatic carbocycles. The standard InChI is InChI=1S/C20H19N3O2S/c1-14(26-13-15-7-3-2-4-8-15)19(24)22-23-20(25)18-12-11-16-9-5-6-10-17(16)21-18/h2-12,14H,13H2,1H3,(H,22,24)(H,23,25). The number of para-hydroxylation sites is 1. The molecule has 3 rings (SSSR count). The van der Waals surface area contributed by atoms with Gasteiger partial charge in [-0.15, -0.1) is 11.8 Å². The first kappa shape index (κ1) is 17.9. The average Bonchev–Trinajstić information content (AvgIpc) is 2.70. The lowest BCUT2D eigenvalue weighted by Gasteiger charge is -2.12. The zero-order valence-electron chi connectivity index (χ0n) is 14.3. The number of hydrogen-bond acceptors (Lipinski definition) is 4. The lowest BCUT2D eigenvalue weighted by Crippen LogP contribution is -2.45. The minimum Gasteiger partial charge on any atom is -0.272 e. The molecule has 2 amide bonds. The highest BCUT2D eigenvalue weighted by molar-refractivity contribution is 7.99. The summed E-state index contributed by atoms with van der Waals surface area (Å²) < 4.78 is 0. The fourth-order valence-corrected chi connectivity index (χ4v) is 3.19. The van der Waals surface area contributed by atoms with Crippen LogP contribution in [0, 0.1) is 0 Å². The highest BCUT2D eigenvalue weighted by Gasteiger charge is 2.15. The number of nitrogens with zero attached hydrogens (tertiary/aromatic N) is 1. The van der Waals surface area contributed by atoms with Gasteiger partial charge in [0.25, 0.3) is 11.8 Å². The number of carbonyl (C=O) groups is 2. The Bertz CT molecular complexity index is 915. The van der Waals surface area contributed by atoms with Crippen LogP contribution >= 0.6 is 11.8 Å². The minimum absolute atomic E-state index is 0.250. The summed E-state index contributed by atoms with van der Waals surface area (Å²) in [7, 11) is 0. The Kier molecular flexibility index (Phi) is 5.86. The molecule has 0 bridgehead atoms. The van der Waals surface area contributed by atoms with Gasteiger partial charge in [-0.25, -0.2) is 4.98 Å². The number of hydrazine groups is 1. The van der Waals surface area contributed by atoms with Gasteiger partial charge in [0.15, 0.2) is 0 Å². The Morgan fingerprint density at radius 3 is 2.50 bits per heavy atom. The van der Waals surface area contributed by atoms with Gasteiger partial charge in [0, 0.05) is 11.1 Å². The molecule has 0 aliphatic heterocycles. The molecular weight excluding hydrogens is 346 g/mol. The van der Waals surface area contributed by atoms with Crippen molar-refractivity contribution < 1.29 is 9.59 Å². The van der Waals surface area contributed by atoms with Crippen molar-refractivity contribution in [3.8, 4) is 0 Å². The number of aromatic nitrogens is 1. The number of benzene rings is 2. The molecule has 6 heteroatoms. The molecule has 0 saturated carbocycles. The van der Waals surface area contributed by atoms with E-state index in [1.165, 1.54) is 11.8 Å². The smallest absolute Gasteiger partial charge is 0.272 e. The van der Waals surface area contributed by atoms with Crippen molar-refractivity contribution in [2.75, 3.05) is 0 Å². The molecule has 0 spiro atoms. The van der Waals surface area contributed by atoms with Crippen molar-refractivity contribution in [2.45, 2.75) is 17.9 Å². The third-order valence-electron chi connectivity index (χ3n) is 3.84. The first-order chi connectivity index (χ1) is 12.6. The minimum atomic E-state index is -0.440. The van der Waals surface area contributed by atoms with Gasteiger partial charge in [-0.3, -0.25) is 20.4 Å². The molecule has 132 valence electrons. The molecule has 1 unspecified atom stereocenters. The number of pyridine rings is 1. The van der Waals surface area contributed by atoms with Gasteiger partial charge in [-0.05, 0) is 24.6 Å². The Morgan fingerprint density at radius 1 is 0.962 bits per heavy atom. The average molecular weight is 365 g/mol. The van der Waals surface area contributed by atoms with E-state index in [0.29, 0.717) is 0 Å². The Labute approximate surface area is 156 Å². The third-order valence-corrected chi connectivity index (χ3v) is 5.06. The van der Waals surface area contributed by atoms with E-state index in [1.807, 2.05) is 67.6 Å². The van der Waals surface area contributed by atoms with Crippen molar-refractivity contribution in [2.24, 2.45) is 0 Å². The monoisotopic (exact) mass is 365 g/mol. The lowest BCUT2D eigenvalue weighted by atomic mass is 10.2. The largest absolute Gasteiger partial charge is 0.288 e. The number of thioether (sulfide) groups is 1. The highest BCUT2D eigenvalue weighted by atomic mass is 32.2. The molecule has 0 aliphatic rings. The van der Waals surface area contributed by atoms with Crippen LogP contribution in [0.2, 0.25) is 0 Å². The van der Waals surface area contributed by atoms with Gasteiger partial charge < -0.3 is 0 Å². The van der Waals surface area contributed by atoms with Gasteiger partial charge in [0.05, 0.1) is 10.8 Å². The first-order valence-corrected chi connectivity index (χ1v) is 9.30. The number of carbonyl (C=O) groups excluding carboxylic acids is 2. The van der Waals surface area contributed by atoms with E-state index in [4.69, 9.17) is 0 Å². The molecule has 0 saturated heterocycles. The van der Waals surface area contributed by atoms with Crippen molar-refractivity contribution in [1.82, 2.24) is 15.8 Å². The summed E-state index contributed by atoms with van der Waals surface area (Å²) in [5.41, 5.74) is 7.04. The molecule has 3 aromatic rings. The van der Waals surface area contributed by atoms with Crippen molar-refractivity contribution in [3.05, 3.63) is 78.0 Å². The maximum atomic E-state index is 12.2. The summed E-state index contributed by atoms with van der Waals surface area (Å²) in [6, 6.07) is 21.0. The molecule has 1 atom stereocenters. The summed E-state index contributed by atoms with van der Waals surface area (Å²) >= 11 is 1.51. The highest BCUT2D eigenvalue weighted by Crippen LogP contribution is 2.17. The van der Waals surface area contributed by atoms with E-state index in [9.17, 15) is 9.59 Å². The van der Waals surface area contributed by atoms with Crippen molar-refractivity contribution in [3.63, 3.8) is 0 Å². The van der Waals surface area contributed by atoms with Gasteiger partial charge in [0.2, 0.25) is 0 Å². The number of amides is 2. The summed E-state index contributed by atoms with van der Waals surface area (Å²) in [5.74, 6) is 0.0414. The summed E-state index contributed by atoms with van der Waals surface area (Å²) in [5, 5.41) is 0.666. The second-order valence-electron chi connectivity index (χ2n) is 5.77. The van der Waals surface area contributed by atoms with Crippen LogP contribution < -0.4 is 10.9 Å². The number of fused-ring (bicyclic) bond motifs is 1. The molecule has 0 fully saturated rings. The maximum Gasteiger partial charge on any atom is 0.288 e. The first-order valence-electron chi connectivity index (χ1n) is 8.25. The van der Waals surface area contributed by atoms with E-state index < -0.39 is 5.91 Å². The van der Waals surface area contributed by atoms with Crippen LogP contribution in [0.4, 0.5) is 0 Å². The van der Waals surface area contributed by atoms with Crippen LogP contribution in [0.1, 0.15) is 23.0 Å². The van der Waals surface area contributed by atoms with Crippen LogP contribution in [0.15, 0.2) is 66.7 Å². The van der Waals surface area contributed by atoms with Crippen molar-refractivity contribution in [1.29, 1.82) is 0 Å². The maximum absolute atomic E-state index is 12.2. The van der Waals surface area contributed by atoms with E-state index in [2.05, 4.69) is 15.8 Å². The lowest BCUT2D eigenvalue weighted by molar-refractivity contribution is -0.121.